The molecule has 0 unspecified atom stereocenters. The van der Waals surface area contributed by atoms with E-state index in [-0.39, 0.29) is 17.6 Å². The second-order valence-corrected chi connectivity index (χ2v) is 5.68. The molecule has 3 N–H and O–H groups in total. The Morgan fingerprint density at radius 2 is 2.00 bits per heavy atom. The van der Waals surface area contributed by atoms with Crippen LogP contribution in [0.3, 0.4) is 0 Å². The van der Waals surface area contributed by atoms with Gasteiger partial charge >= 0.3 is 0 Å². The molecule has 0 spiro atoms. The van der Waals surface area contributed by atoms with Gasteiger partial charge in [0.1, 0.15) is 11.6 Å². The molecule has 4 atom stereocenters. The van der Waals surface area contributed by atoms with Crippen LogP contribution in [0.2, 0.25) is 5.02 Å². The van der Waals surface area contributed by atoms with Gasteiger partial charge in [0.05, 0.1) is 0 Å². The minimum absolute atomic E-state index is 0.0525. The number of aliphatic hydroxyl groups excluding tert-OH is 1. The molecule has 3 nitrogen and oxygen atoms in total. The summed E-state index contributed by atoms with van der Waals surface area (Å²) in [7, 11) is 0. The number of ketones is 1. The molecule has 18 heavy (non-hydrogen) atoms. The summed E-state index contributed by atoms with van der Waals surface area (Å²) in [6.45, 7) is 3.80. The minimum atomic E-state index is -1.19. The second kappa shape index (κ2) is 4.65. The van der Waals surface area contributed by atoms with E-state index < -0.39 is 11.6 Å². The van der Waals surface area contributed by atoms with Gasteiger partial charge in [-0.15, -0.1) is 0 Å². The molecule has 1 saturated carbocycles. The fourth-order valence-electron chi connectivity index (χ4n) is 2.81. The first kappa shape index (κ1) is 13.5. The van der Waals surface area contributed by atoms with E-state index in [0.29, 0.717) is 17.0 Å². The van der Waals surface area contributed by atoms with Gasteiger partial charge in [-0.3, -0.25) is 4.79 Å². The van der Waals surface area contributed by atoms with Crippen molar-refractivity contribution >= 4 is 17.4 Å². The largest absolute Gasteiger partial charge is 0.385 e. The van der Waals surface area contributed by atoms with E-state index in [2.05, 4.69) is 0 Å². The van der Waals surface area contributed by atoms with Crippen LogP contribution in [0.4, 0.5) is 0 Å². The van der Waals surface area contributed by atoms with Crippen LogP contribution in [0.5, 0.6) is 0 Å². The van der Waals surface area contributed by atoms with E-state index >= 15 is 0 Å². The van der Waals surface area contributed by atoms with Crippen molar-refractivity contribution in [3.05, 3.63) is 34.9 Å². The molecule has 0 aromatic heterocycles. The smallest absolute Gasteiger partial charge is 0.186 e. The molecule has 1 aliphatic rings. The van der Waals surface area contributed by atoms with E-state index in [9.17, 15) is 9.90 Å². The van der Waals surface area contributed by atoms with Crippen LogP contribution < -0.4 is 5.73 Å². The Bertz CT molecular complexity index is 477. The van der Waals surface area contributed by atoms with E-state index in [1.807, 2.05) is 13.8 Å². The van der Waals surface area contributed by atoms with Crippen LogP contribution in [0, 0.1) is 11.8 Å². The molecule has 4 heteroatoms. The van der Waals surface area contributed by atoms with Crippen LogP contribution in [-0.4, -0.2) is 17.0 Å². The maximum absolute atomic E-state index is 12.4. The molecule has 0 bridgehead atoms. The number of Topliss-reactive ketones (excluding diaryl/α,β-unsaturated/α-hetero) is 1. The number of hydrogen-bond acceptors (Lipinski definition) is 3. The third-order valence-electron chi connectivity index (χ3n) is 4.04. The number of hydrogen-bond donors (Lipinski definition) is 2. The lowest BCUT2D eigenvalue weighted by atomic mass is 9.65. The van der Waals surface area contributed by atoms with E-state index in [0.717, 1.165) is 0 Å². The second-order valence-electron chi connectivity index (χ2n) is 5.27. The fourth-order valence-corrected chi connectivity index (χ4v) is 3.11. The van der Waals surface area contributed by atoms with Gasteiger partial charge in [-0.1, -0.05) is 43.6 Å². The predicted octanol–water partition coefficient (Wildman–Crippen LogP) is 2.10. The van der Waals surface area contributed by atoms with Crippen LogP contribution in [0.25, 0.3) is 0 Å². The van der Waals surface area contributed by atoms with Crippen LogP contribution >= 0.6 is 11.6 Å². The average Bonchev–Trinajstić information content (AvgIpc) is 2.34. The summed E-state index contributed by atoms with van der Waals surface area (Å²) in [5, 5.41) is 10.5. The maximum atomic E-state index is 12.4. The molecule has 1 fully saturated rings. The molecule has 0 radical (unpaired) electrons. The number of carbonyl (C=O) groups excluding carboxylic acids is 1. The van der Waals surface area contributed by atoms with Crippen molar-refractivity contribution in [1.82, 2.24) is 0 Å². The summed E-state index contributed by atoms with van der Waals surface area (Å²) in [6.07, 6.45) is -0.309. The molecule has 0 amide bonds. The molecule has 0 saturated heterocycles. The minimum Gasteiger partial charge on any atom is -0.385 e. The van der Waals surface area contributed by atoms with Crippen molar-refractivity contribution in [2.24, 2.45) is 17.6 Å². The van der Waals surface area contributed by atoms with Crippen LogP contribution in [0.15, 0.2) is 24.3 Å². The van der Waals surface area contributed by atoms with Gasteiger partial charge in [0.2, 0.25) is 0 Å². The first-order chi connectivity index (χ1) is 8.39. The van der Waals surface area contributed by atoms with E-state index in [4.69, 9.17) is 17.3 Å². The predicted molar refractivity (Wildman–Crippen MR) is 71.3 cm³/mol. The summed E-state index contributed by atoms with van der Waals surface area (Å²) in [6, 6.07) is 7.09. The van der Waals surface area contributed by atoms with Crippen molar-refractivity contribution in [3.63, 3.8) is 0 Å². The molecule has 2 rings (SSSR count). The third-order valence-corrected chi connectivity index (χ3v) is 4.37. The quantitative estimate of drug-likeness (QED) is 0.819. The lowest BCUT2D eigenvalue weighted by molar-refractivity contribution is -0.142. The summed E-state index contributed by atoms with van der Waals surface area (Å²) in [4.78, 5) is 12.4. The molecule has 1 aromatic carbocycles. The molecular weight excluding hydrogens is 250 g/mol. The topological polar surface area (TPSA) is 63.3 Å². The Hall–Kier alpha value is -0.900. The Kier molecular flexibility index (Phi) is 3.49. The number of nitrogens with two attached hydrogens (primary N) is 1. The van der Waals surface area contributed by atoms with Gasteiger partial charge < -0.3 is 10.8 Å². The zero-order chi connectivity index (χ0) is 13.5. The number of carbonyl (C=O) groups is 1. The molecule has 1 aromatic rings. The highest BCUT2D eigenvalue weighted by atomic mass is 35.5. The highest BCUT2D eigenvalue weighted by Gasteiger charge is 2.50. The first-order valence-electron chi connectivity index (χ1n) is 6.15. The molecule has 1 aliphatic carbocycles. The summed E-state index contributed by atoms with van der Waals surface area (Å²) in [5.74, 6) is -0.447. The van der Waals surface area contributed by atoms with Gasteiger partial charge in [0, 0.05) is 5.02 Å². The van der Waals surface area contributed by atoms with Crippen LogP contribution in [-0.2, 0) is 10.3 Å². The number of aliphatic hydroxyl groups is 1. The monoisotopic (exact) mass is 267 g/mol. The highest BCUT2D eigenvalue weighted by Crippen LogP contribution is 2.41. The van der Waals surface area contributed by atoms with E-state index in [1.165, 1.54) is 0 Å². The summed E-state index contributed by atoms with van der Waals surface area (Å²) in [5.41, 5.74) is 5.74. The van der Waals surface area contributed by atoms with Gasteiger partial charge in [0.25, 0.3) is 0 Å². The third kappa shape index (κ3) is 1.87. The van der Waals surface area contributed by atoms with Crippen molar-refractivity contribution in [3.8, 4) is 0 Å². The van der Waals surface area contributed by atoms with Gasteiger partial charge in [-0.2, -0.15) is 0 Å². The van der Waals surface area contributed by atoms with Crippen LogP contribution in [0.1, 0.15) is 25.8 Å². The standard InChI is InChI=1S/C14H18ClNO2/c1-8-7-9(2)14(16,13(18)12(8)17)10-5-3-4-6-11(10)15/h3-6,8-9,12,17H,7,16H2,1-2H3/t8-,9+,12-,14-/m1/s1. The lowest BCUT2D eigenvalue weighted by Crippen LogP contribution is -2.59. The highest BCUT2D eigenvalue weighted by molar-refractivity contribution is 6.31. The Balaban J connectivity index is 2.52. The van der Waals surface area contributed by atoms with Crippen molar-refractivity contribution in [2.75, 3.05) is 0 Å². The Morgan fingerprint density at radius 3 is 2.61 bits per heavy atom. The molecule has 98 valence electrons. The zero-order valence-electron chi connectivity index (χ0n) is 10.6. The number of halogens is 1. The van der Waals surface area contributed by atoms with Crippen molar-refractivity contribution < 1.29 is 9.90 Å². The Labute approximate surface area is 112 Å². The van der Waals surface area contributed by atoms with E-state index in [1.54, 1.807) is 24.3 Å². The molecule has 0 heterocycles. The zero-order valence-corrected chi connectivity index (χ0v) is 11.3. The van der Waals surface area contributed by atoms with Gasteiger partial charge in [-0.25, -0.2) is 0 Å². The number of benzene rings is 1. The number of rotatable bonds is 1. The van der Waals surface area contributed by atoms with Gasteiger partial charge in [-0.05, 0) is 29.9 Å². The SMILES string of the molecule is C[C@@H]1C[C@H](C)[C@@](N)(c2ccccc2Cl)C(=O)[C@@H]1O. The lowest BCUT2D eigenvalue weighted by Gasteiger charge is -2.43. The normalized spacial score (nSPS) is 36.7. The molecular formula is C14H18ClNO2. The van der Waals surface area contributed by atoms with Crippen molar-refractivity contribution in [1.29, 1.82) is 0 Å². The Morgan fingerprint density at radius 1 is 1.39 bits per heavy atom. The molecule has 0 aliphatic heterocycles. The average molecular weight is 268 g/mol. The van der Waals surface area contributed by atoms with Gasteiger partial charge in [0.15, 0.2) is 5.78 Å². The van der Waals surface area contributed by atoms with Crippen molar-refractivity contribution in [2.45, 2.75) is 31.9 Å². The fraction of sp³-hybridized carbons (Fsp3) is 0.500. The summed E-state index contributed by atoms with van der Waals surface area (Å²) >= 11 is 6.15. The maximum Gasteiger partial charge on any atom is 0.186 e. The first-order valence-corrected chi connectivity index (χ1v) is 6.53. The summed E-state index contributed by atoms with van der Waals surface area (Å²) < 4.78 is 0.